The third-order valence-electron chi connectivity index (χ3n) is 5.19. The number of rotatable bonds is 3. The predicted octanol–water partition coefficient (Wildman–Crippen LogP) is 4.89. The average Bonchev–Trinajstić information content (AvgIpc) is 3.30. The first-order valence-electron chi connectivity index (χ1n) is 9.11. The summed E-state index contributed by atoms with van der Waals surface area (Å²) in [5, 5.41) is 3.95. The zero-order chi connectivity index (χ0) is 20.8. The average molecular weight is 401 g/mol. The van der Waals surface area contributed by atoms with Crippen molar-refractivity contribution in [2.24, 2.45) is 0 Å². The molecule has 0 radical (unpaired) electrons. The Morgan fingerprint density at radius 1 is 1.07 bits per heavy atom. The van der Waals surface area contributed by atoms with E-state index >= 15 is 0 Å². The van der Waals surface area contributed by atoms with Gasteiger partial charge in [-0.1, -0.05) is 11.2 Å². The first-order chi connectivity index (χ1) is 13.7. The van der Waals surface area contributed by atoms with Gasteiger partial charge in [0.2, 0.25) is 5.91 Å². The fourth-order valence-electron chi connectivity index (χ4n) is 3.34. The lowest BCUT2D eigenvalue weighted by Gasteiger charge is -2.17. The van der Waals surface area contributed by atoms with E-state index in [9.17, 15) is 18.0 Å². The first kappa shape index (κ1) is 19.2. The third-order valence-corrected chi connectivity index (χ3v) is 5.19. The molecule has 150 valence electrons. The van der Waals surface area contributed by atoms with Gasteiger partial charge in [0.1, 0.15) is 0 Å². The van der Waals surface area contributed by atoms with E-state index in [4.69, 9.17) is 4.52 Å². The molecule has 1 aliphatic rings. The van der Waals surface area contributed by atoms with E-state index in [1.54, 1.807) is 4.90 Å². The molecule has 2 heterocycles. The van der Waals surface area contributed by atoms with E-state index < -0.39 is 11.7 Å². The van der Waals surface area contributed by atoms with Crippen LogP contribution in [0.4, 0.5) is 18.9 Å². The number of carbonyl (C=O) groups is 1. The normalized spacial score (nSPS) is 17.2. The van der Waals surface area contributed by atoms with Crippen LogP contribution in [0.15, 0.2) is 47.0 Å². The summed E-state index contributed by atoms with van der Waals surface area (Å²) >= 11 is 0. The number of aromatic nitrogens is 2. The number of amides is 1. The number of anilines is 1. The van der Waals surface area contributed by atoms with E-state index in [0.717, 1.165) is 28.9 Å². The monoisotopic (exact) mass is 401 g/mol. The van der Waals surface area contributed by atoms with E-state index in [0.29, 0.717) is 17.9 Å². The molecule has 1 amide bonds. The Morgan fingerprint density at radius 2 is 1.79 bits per heavy atom. The van der Waals surface area contributed by atoms with Crippen molar-refractivity contribution in [2.75, 3.05) is 11.4 Å². The SMILES string of the molecule is Cc1ccc(N2CC(c3noc(-c4ccc(C(F)(F)F)cc4)n3)CC2=O)cc1C. The highest BCUT2D eigenvalue weighted by Gasteiger charge is 2.35. The maximum absolute atomic E-state index is 12.7. The standard InChI is InChI=1S/C21H18F3N3O2/c1-12-3-8-17(9-13(12)2)27-11-15(10-18(27)28)19-25-20(29-26-19)14-4-6-16(7-5-14)21(22,23)24/h3-9,15H,10-11H2,1-2H3. The molecular weight excluding hydrogens is 383 g/mol. The highest BCUT2D eigenvalue weighted by atomic mass is 19.4. The van der Waals surface area contributed by atoms with Gasteiger partial charge in [0.25, 0.3) is 5.89 Å². The van der Waals surface area contributed by atoms with Gasteiger partial charge in [-0.15, -0.1) is 0 Å². The molecule has 5 nitrogen and oxygen atoms in total. The zero-order valence-electron chi connectivity index (χ0n) is 15.8. The molecule has 0 aliphatic carbocycles. The van der Waals surface area contributed by atoms with Gasteiger partial charge >= 0.3 is 6.18 Å². The molecule has 1 fully saturated rings. The largest absolute Gasteiger partial charge is 0.416 e. The Kier molecular flexibility index (Phi) is 4.64. The van der Waals surface area contributed by atoms with Crippen LogP contribution in [0.25, 0.3) is 11.5 Å². The number of nitrogens with zero attached hydrogens (tertiary/aromatic N) is 3. The molecule has 0 N–H and O–H groups in total. The van der Waals surface area contributed by atoms with Gasteiger partial charge in [0.05, 0.1) is 5.56 Å². The topological polar surface area (TPSA) is 59.2 Å². The molecule has 1 atom stereocenters. The molecule has 1 aliphatic heterocycles. The Bertz CT molecular complexity index is 1060. The summed E-state index contributed by atoms with van der Waals surface area (Å²) in [4.78, 5) is 18.5. The van der Waals surface area contributed by atoms with Crippen molar-refractivity contribution in [1.29, 1.82) is 0 Å². The van der Waals surface area contributed by atoms with E-state index in [-0.39, 0.29) is 24.1 Å². The fourth-order valence-corrected chi connectivity index (χ4v) is 3.34. The van der Waals surface area contributed by atoms with Crippen molar-refractivity contribution in [2.45, 2.75) is 32.4 Å². The van der Waals surface area contributed by atoms with Crippen LogP contribution in [0.5, 0.6) is 0 Å². The molecule has 4 rings (SSSR count). The van der Waals surface area contributed by atoms with Crippen molar-refractivity contribution in [3.63, 3.8) is 0 Å². The van der Waals surface area contributed by atoms with Crippen LogP contribution >= 0.6 is 0 Å². The minimum atomic E-state index is -4.40. The summed E-state index contributed by atoms with van der Waals surface area (Å²) in [6.45, 7) is 4.43. The van der Waals surface area contributed by atoms with E-state index in [1.807, 2.05) is 32.0 Å². The van der Waals surface area contributed by atoms with Crippen molar-refractivity contribution in [3.05, 3.63) is 65.0 Å². The van der Waals surface area contributed by atoms with Crippen LogP contribution in [0.1, 0.15) is 34.9 Å². The highest BCUT2D eigenvalue weighted by molar-refractivity contribution is 5.96. The minimum absolute atomic E-state index is 0.0286. The number of hydrogen-bond acceptors (Lipinski definition) is 4. The summed E-state index contributed by atoms with van der Waals surface area (Å²) in [6.07, 6.45) is -4.15. The van der Waals surface area contributed by atoms with Crippen LogP contribution in [0, 0.1) is 13.8 Å². The molecule has 3 aromatic rings. The van der Waals surface area contributed by atoms with Gasteiger partial charge in [-0.05, 0) is 61.4 Å². The molecule has 0 bridgehead atoms. The zero-order valence-corrected chi connectivity index (χ0v) is 15.8. The van der Waals surface area contributed by atoms with Gasteiger partial charge in [0, 0.05) is 30.1 Å². The highest BCUT2D eigenvalue weighted by Crippen LogP contribution is 2.33. The number of hydrogen-bond donors (Lipinski definition) is 0. The van der Waals surface area contributed by atoms with Crippen molar-refractivity contribution >= 4 is 11.6 Å². The molecule has 0 spiro atoms. The van der Waals surface area contributed by atoms with Crippen LogP contribution in [-0.4, -0.2) is 22.6 Å². The van der Waals surface area contributed by atoms with Crippen LogP contribution < -0.4 is 4.90 Å². The number of aryl methyl sites for hydroxylation is 2. The molecular formula is C21H18F3N3O2. The molecule has 1 aromatic heterocycles. The molecule has 2 aromatic carbocycles. The molecule has 1 saturated heterocycles. The van der Waals surface area contributed by atoms with Crippen LogP contribution in [0.3, 0.4) is 0 Å². The lowest BCUT2D eigenvalue weighted by molar-refractivity contribution is -0.137. The second-order valence-electron chi connectivity index (χ2n) is 7.21. The van der Waals surface area contributed by atoms with Crippen LogP contribution in [-0.2, 0) is 11.0 Å². The van der Waals surface area contributed by atoms with E-state index in [1.165, 1.54) is 12.1 Å². The third kappa shape index (κ3) is 3.74. The predicted molar refractivity (Wildman–Crippen MR) is 100 cm³/mol. The molecule has 8 heteroatoms. The first-order valence-corrected chi connectivity index (χ1v) is 9.11. The molecule has 0 saturated carbocycles. The quantitative estimate of drug-likeness (QED) is 0.627. The minimum Gasteiger partial charge on any atom is -0.334 e. The van der Waals surface area contributed by atoms with Gasteiger partial charge < -0.3 is 9.42 Å². The summed E-state index contributed by atoms with van der Waals surface area (Å²) < 4.78 is 43.3. The summed E-state index contributed by atoms with van der Waals surface area (Å²) in [5.74, 6) is 0.237. The Balaban J connectivity index is 1.52. The number of halogens is 3. The molecule has 1 unspecified atom stereocenters. The summed E-state index contributed by atoms with van der Waals surface area (Å²) in [7, 11) is 0. The molecule has 29 heavy (non-hydrogen) atoms. The van der Waals surface area contributed by atoms with Gasteiger partial charge in [0.15, 0.2) is 5.82 Å². The van der Waals surface area contributed by atoms with Gasteiger partial charge in [-0.2, -0.15) is 18.2 Å². The summed E-state index contributed by atoms with van der Waals surface area (Å²) in [5.41, 5.74) is 2.73. The van der Waals surface area contributed by atoms with E-state index in [2.05, 4.69) is 10.1 Å². The smallest absolute Gasteiger partial charge is 0.334 e. The lowest BCUT2D eigenvalue weighted by atomic mass is 10.1. The maximum Gasteiger partial charge on any atom is 0.416 e. The van der Waals surface area contributed by atoms with Crippen molar-refractivity contribution < 1.29 is 22.5 Å². The number of benzene rings is 2. The number of carbonyl (C=O) groups excluding carboxylic acids is 1. The van der Waals surface area contributed by atoms with Crippen LogP contribution in [0.2, 0.25) is 0 Å². The summed E-state index contributed by atoms with van der Waals surface area (Å²) in [6, 6.07) is 10.4. The van der Waals surface area contributed by atoms with Gasteiger partial charge in [-0.3, -0.25) is 4.79 Å². The van der Waals surface area contributed by atoms with Gasteiger partial charge in [-0.25, -0.2) is 0 Å². The Morgan fingerprint density at radius 3 is 2.45 bits per heavy atom. The Hall–Kier alpha value is -3.16. The number of alkyl halides is 3. The van der Waals surface area contributed by atoms with Crippen molar-refractivity contribution in [1.82, 2.24) is 10.1 Å². The second kappa shape index (κ2) is 7.02. The fraction of sp³-hybridized carbons (Fsp3) is 0.286. The lowest BCUT2D eigenvalue weighted by Crippen LogP contribution is -2.24. The van der Waals surface area contributed by atoms with Crippen molar-refractivity contribution in [3.8, 4) is 11.5 Å². The maximum atomic E-state index is 12.7. The second-order valence-corrected chi connectivity index (χ2v) is 7.21. The Labute approximate surface area is 165 Å².